The topological polar surface area (TPSA) is 59.2 Å². The number of amides is 1. The number of nitrogens with two attached hydrogens (primary N) is 1. The van der Waals surface area contributed by atoms with Crippen molar-refractivity contribution in [2.24, 2.45) is 5.73 Å². The van der Waals surface area contributed by atoms with E-state index in [0.717, 1.165) is 43.8 Å². The number of hydrogen-bond acceptors (Lipinski definition) is 5. The maximum Gasteiger partial charge on any atom is 0.239 e. The molecule has 0 spiro atoms. The number of carbonyl (C=O) groups excluding carboxylic acids is 1. The van der Waals surface area contributed by atoms with Crippen LogP contribution in [0.4, 0.5) is 0 Å². The van der Waals surface area contributed by atoms with Gasteiger partial charge in [0.2, 0.25) is 5.91 Å². The molecule has 2 N–H and O–H groups in total. The summed E-state index contributed by atoms with van der Waals surface area (Å²) in [4.78, 5) is 18.7. The number of nitrogens with zero attached hydrogens (tertiary/aromatic N) is 2. The molecule has 1 atom stereocenters. The predicted octanol–water partition coefficient (Wildman–Crippen LogP) is 2.24. The van der Waals surface area contributed by atoms with Crippen LogP contribution in [-0.4, -0.2) is 46.9 Å². The largest absolute Gasteiger partial charge is 0.341 e. The number of rotatable bonds is 5. The first-order valence-corrected chi connectivity index (χ1v) is 9.34. The van der Waals surface area contributed by atoms with Crippen molar-refractivity contribution in [3.63, 3.8) is 0 Å². The third-order valence-electron chi connectivity index (χ3n) is 3.74. The van der Waals surface area contributed by atoms with Crippen LogP contribution in [0.3, 0.4) is 0 Å². The highest BCUT2D eigenvalue weighted by Gasteiger charge is 2.27. The Balaban J connectivity index is 1.83. The first-order valence-electron chi connectivity index (χ1n) is 7.07. The highest BCUT2D eigenvalue weighted by molar-refractivity contribution is 7.98. The molecule has 1 saturated heterocycles. The van der Waals surface area contributed by atoms with Crippen molar-refractivity contribution in [3.05, 3.63) is 16.1 Å². The lowest BCUT2D eigenvalue weighted by molar-refractivity contribution is -0.133. The van der Waals surface area contributed by atoms with Crippen LogP contribution in [0.15, 0.2) is 5.38 Å². The molecule has 1 unspecified atom stereocenters. The summed E-state index contributed by atoms with van der Waals surface area (Å²) >= 11 is 3.48. The molecule has 0 saturated carbocycles. The average Bonchev–Trinajstić information content (AvgIpc) is 2.90. The van der Waals surface area contributed by atoms with Crippen molar-refractivity contribution in [2.75, 3.05) is 25.1 Å². The summed E-state index contributed by atoms with van der Waals surface area (Å²) in [5.41, 5.74) is 7.07. The Hall–Kier alpha value is -0.590. The summed E-state index contributed by atoms with van der Waals surface area (Å²) in [7, 11) is 0. The van der Waals surface area contributed by atoms with E-state index in [9.17, 15) is 4.79 Å². The maximum atomic E-state index is 12.2. The zero-order chi connectivity index (χ0) is 14.5. The summed E-state index contributed by atoms with van der Waals surface area (Å²) in [5.74, 6) is 1.58. The molecule has 1 amide bonds. The van der Waals surface area contributed by atoms with Gasteiger partial charge in [-0.25, -0.2) is 4.98 Å². The van der Waals surface area contributed by atoms with Crippen LogP contribution in [0, 0.1) is 6.92 Å². The molecule has 1 aliphatic heterocycles. The van der Waals surface area contributed by atoms with E-state index in [-0.39, 0.29) is 11.9 Å². The van der Waals surface area contributed by atoms with E-state index in [1.807, 2.05) is 18.1 Å². The third kappa shape index (κ3) is 3.96. The van der Waals surface area contributed by atoms with Gasteiger partial charge in [0.1, 0.15) is 0 Å². The van der Waals surface area contributed by atoms with Crippen molar-refractivity contribution < 1.29 is 4.79 Å². The van der Waals surface area contributed by atoms with Gasteiger partial charge in [0, 0.05) is 30.1 Å². The standard InChI is InChI=1S/C14H23N3OS2/c1-10-9-20-13(16-10)11-3-6-17(7-4-11)14(18)12(15)5-8-19-2/h9,11-12H,3-8,15H2,1-2H3. The van der Waals surface area contributed by atoms with Gasteiger partial charge in [0.15, 0.2) is 0 Å². The van der Waals surface area contributed by atoms with Crippen molar-refractivity contribution in [1.82, 2.24) is 9.88 Å². The molecule has 112 valence electrons. The summed E-state index contributed by atoms with van der Waals surface area (Å²) in [6.45, 7) is 3.66. The van der Waals surface area contributed by atoms with E-state index >= 15 is 0 Å². The number of thiazole rings is 1. The Bertz CT molecular complexity index is 441. The lowest BCUT2D eigenvalue weighted by atomic mass is 9.97. The van der Waals surface area contributed by atoms with Crippen LogP contribution in [0.1, 0.15) is 35.9 Å². The summed E-state index contributed by atoms with van der Waals surface area (Å²) in [6, 6.07) is -0.332. The average molecular weight is 313 g/mol. The Morgan fingerprint density at radius 1 is 1.60 bits per heavy atom. The number of piperidine rings is 1. The maximum absolute atomic E-state index is 12.2. The third-order valence-corrected chi connectivity index (χ3v) is 5.51. The Kier molecular flexibility index (Phi) is 5.86. The highest BCUT2D eigenvalue weighted by Crippen LogP contribution is 2.30. The molecule has 1 aromatic rings. The number of hydrogen-bond donors (Lipinski definition) is 1. The Morgan fingerprint density at radius 2 is 2.30 bits per heavy atom. The summed E-state index contributed by atoms with van der Waals surface area (Å²) in [5, 5.41) is 3.33. The highest BCUT2D eigenvalue weighted by atomic mass is 32.2. The Morgan fingerprint density at radius 3 is 2.85 bits per heavy atom. The molecule has 4 nitrogen and oxygen atoms in total. The molecule has 2 rings (SSSR count). The van der Waals surface area contributed by atoms with E-state index in [2.05, 4.69) is 10.4 Å². The second-order valence-corrected chi connectivity index (χ2v) is 7.19. The summed E-state index contributed by atoms with van der Waals surface area (Å²) in [6.07, 6.45) is 4.83. The number of thioether (sulfide) groups is 1. The fourth-order valence-corrected chi connectivity index (χ4v) is 3.97. The van der Waals surface area contributed by atoms with Gasteiger partial charge in [-0.2, -0.15) is 11.8 Å². The van der Waals surface area contributed by atoms with Gasteiger partial charge < -0.3 is 10.6 Å². The minimum absolute atomic E-state index is 0.118. The zero-order valence-corrected chi connectivity index (χ0v) is 13.8. The normalized spacial score (nSPS) is 18.2. The first kappa shape index (κ1) is 15.8. The van der Waals surface area contributed by atoms with Gasteiger partial charge in [0.25, 0.3) is 0 Å². The molecule has 1 fully saturated rings. The number of carbonyl (C=O) groups is 1. The van der Waals surface area contributed by atoms with Gasteiger partial charge >= 0.3 is 0 Å². The van der Waals surface area contributed by atoms with E-state index < -0.39 is 0 Å². The lowest BCUT2D eigenvalue weighted by Crippen LogP contribution is -2.47. The van der Waals surface area contributed by atoms with Gasteiger partial charge in [0.05, 0.1) is 11.0 Å². The van der Waals surface area contributed by atoms with Crippen molar-refractivity contribution in [2.45, 2.75) is 38.1 Å². The van der Waals surface area contributed by atoms with Gasteiger partial charge in [-0.05, 0) is 38.2 Å². The van der Waals surface area contributed by atoms with Crippen LogP contribution in [0.2, 0.25) is 0 Å². The van der Waals surface area contributed by atoms with E-state index in [4.69, 9.17) is 5.73 Å². The molecular formula is C14H23N3OS2. The molecule has 1 aromatic heterocycles. The molecule has 0 bridgehead atoms. The quantitative estimate of drug-likeness (QED) is 0.905. The second kappa shape index (κ2) is 7.43. The van der Waals surface area contributed by atoms with E-state index in [1.165, 1.54) is 5.01 Å². The summed E-state index contributed by atoms with van der Waals surface area (Å²) < 4.78 is 0. The van der Waals surface area contributed by atoms with Gasteiger partial charge in [-0.1, -0.05) is 0 Å². The molecule has 6 heteroatoms. The number of aryl methyl sites for hydroxylation is 1. The second-order valence-electron chi connectivity index (χ2n) is 5.31. The minimum atomic E-state index is -0.332. The molecule has 0 radical (unpaired) electrons. The molecule has 20 heavy (non-hydrogen) atoms. The van der Waals surface area contributed by atoms with Gasteiger partial charge in [-0.15, -0.1) is 11.3 Å². The molecular weight excluding hydrogens is 290 g/mol. The fraction of sp³-hybridized carbons (Fsp3) is 0.714. The lowest BCUT2D eigenvalue weighted by Gasteiger charge is -2.32. The van der Waals surface area contributed by atoms with Crippen LogP contribution in [0.5, 0.6) is 0 Å². The van der Waals surface area contributed by atoms with Crippen molar-refractivity contribution >= 4 is 29.0 Å². The SMILES string of the molecule is CSCCC(N)C(=O)N1CCC(c2nc(C)cs2)CC1. The smallest absolute Gasteiger partial charge is 0.239 e. The minimum Gasteiger partial charge on any atom is -0.341 e. The van der Waals surface area contributed by atoms with E-state index in [1.54, 1.807) is 23.1 Å². The van der Waals surface area contributed by atoms with Crippen molar-refractivity contribution in [3.8, 4) is 0 Å². The van der Waals surface area contributed by atoms with Crippen LogP contribution < -0.4 is 5.73 Å². The zero-order valence-electron chi connectivity index (χ0n) is 12.2. The number of aromatic nitrogens is 1. The molecule has 2 heterocycles. The molecule has 1 aliphatic rings. The number of likely N-dealkylation sites (tertiary alicyclic amines) is 1. The van der Waals surface area contributed by atoms with Gasteiger partial charge in [-0.3, -0.25) is 4.79 Å². The molecule has 0 aromatic carbocycles. The monoisotopic (exact) mass is 313 g/mol. The van der Waals surface area contributed by atoms with Crippen molar-refractivity contribution in [1.29, 1.82) is 0 Å². The fourth-order valence-electron chi connectivity index (χ4n) is 2.51. The van der Waals surface area contributed by atoms with Crippen LogP contribution >= 0.6 is 23.1 Å². The Labute approximate surface area is 129 Å². The first-order chi connectivity index (χ1) is 9.61. The van der Waals surface area contributed by atoms with E-state index in [0.29, 0.717) is 5.92 Å². The molecule has 0 aliphatic carbocycles. The van der Waals surface area contributed by atoms with Crippen LogP contribution in [0.25, 0.3) is 0 Å². The predicted molar refractivity (Wildman–Crippen MR) is 86.4 cm³/mol. The van der Waals surface area contributed by atoms with Crippen LogP contribution in [-0.2, 0) is 4.79 Å².